The van der Waals surface area contributed by atoms with E-state index in [0.29, 0.717) is 29.8 Å². The molecule has 0 spiro atoms. The van der Waals surface area contributed by atoms with Crippen LogP contribution in [-0.4, -0.2) is 52.0 Å². The summed E-state index contributed by atoms with van der Waals surface area (Å²) in [5.74, 6) is 0. The molecule has 0 aliphatic heterocycles. The van der Waals surface area contributed by atoms with Crippen LogP contribution in [0.3, 0.4) is 0 Å². The molecule has 0 saturated carbocycles. The van der Waals surface area contributed by atoms with Gasteiger partial charge in [-0.05, 0) is 17.7 Å². The summed E-state index contributed by atoms with van der Waals surface area (Å²) in [6, 6.07) is 5.69. The van der Waals surface area contributed by atoms with Gasteiger partial charge in [-0.3, -0.25) is 4.90 Å². The van der Waals surface area contributed by atoms with E-state index in [1.54, 1.807) is 20.3 Å². The van der Waals surface area contributed by atoms with Crippen molar-refractivity contribution in [2.45, 2.75) is 6.04 Å². The minimum Gasteiger partial charge on any atom is -0.383 e. The maximum absolute atomic E-state index is 6.09. The molecule has 0 aromatic heterocycles. The van der Waals surface area contributed by atoms with Crippen molar-refractivity contribution in [1.82, 2.24) is 4.90 Å². The normalized spacial score (nSPS) is 12.9. The van der Waals surface area contributed by atoms with Gasteiger partial charge in [0.15, 0.2) is 0 Å². The van der Waals surface area contributed by atoms with Gasteiger partial charge in [0.2, 0.25) is 0 Å². The Morgan fingerprint density at radius 1 is 1.10 bits per heavy atom. The van der Waals surface area contributed by atoms with Gasteiger partial charge in [-0.15, -0.1) is 0 Å². The van der Waals surface area contributed by atoms with E-state index in [-0.39, 0.29) is 6.04 Å². The molecule has 1 aromatic rings. The second-order valence-electron chi connectivity index (χ2n) is 4.45. The number of nitrogens with two attached hydrogens (primary N) is 1. The largest absolute Gasteiger partial charge is 0.383 e. The molecule has 20 heavy (non-hydrogen) atoms. The molecule has 1 unspecified atom stereocenters. The maximum atomic E-state index is 6.09. The highest BCUT2D eigenvalue weighted by molar-refractivity contribution is 6.42. The number of benzene rings is 1. The summed E-state index contributed by atoms with van der Waals surface area (Å²) >= 11 is 12.0. The number of rotatable bonds is 9. The van der Waals surface area contributed by atoms with Crippen LogP contribution in [0.4, 0.5) is 0 Å². The van der Waals surface area contributed by atoms with Gasteiger partial charge in [0.05, 0.1) is 23.3 Å². The van der Waals surface area contributed by atoms with Crippen LogP contribution >= 0.6 is 23.2 Å². The van der Waals surface area contributed by atoms with Crippen LogP contribution in [0.25, 0.3) is 0 Å². The highest BCUT2D eigenvalue weighted by Crippen LogP contribution is 2.27. The molecular formula is C14H22Cl2N2O2. The number of hydrogen-bond acceptors (Lipinski definition) is 4. The van der Waals surface area contributed by atoms with Crippen molar-refractivity contribution in [2.75, 3.05) is 47.1 Å². The molecule has 1 aromatic carbocycles. The highest BCUT2D eigenvalue weighted by atomic mass is 35.5. The summed E-state index contributed by atoms with van der Waals surface area (Å²) in [7, 11) is 3.37. The van der Waals surface area contributed by atoms with E-state index in [9.17, 15) is 0 Å². The molecular weight excluding hydrogens is 299 g/mol. The Kier molecular flexibility index (Phi) is 8.45. The topological polar surface area (TPSA) is 47.7 Å². The lowest BCUT2D eigenvalue weighted by Gasteiger charge is -2.31. The predicted molar refractivity (Wildman–Crippen MR) is 83.6 cm³/mol. The summed E-state index contributed by atoms with van der Waals surface area (Å²) in [6.45, 7) is 3.33. The molecule has 1 atom stereocenters. The molecule has 4 nitrogen and oxygen atoms in total. The first-order valence-corrected chi connectivity index (χ1v) is 7.26. The van der Waals surface area contributed by atoms with Gasteiger partial charge in [-0.1, -0.05) is 29.3 Å². The Hall–Kier alpha value is -0.360. The summed E-state index contributed by atoms with van der Waals surface area (Å²) in [4.78, 5) is 2.23. The molecule has 0 aliphatic rings. The van der Waals surface area contributed by atoms with Gasteiger partial charge in [-0.2, -0.15) is 0 Å². The van der Waals surface area contributed by atoms with E-state index in [4.69, 9.17) is 38.4 Å². The molecule has 0 radical (unpaired) electrons. The first-order chi connectivity index (χ1) is 9.63. The molecule has 0 fully saturated rings. The van der Waals surface area contributed by atoms with Gasteiger partial charge in [-0.25, -0.2) is 0 Å². The Bertz CT molecular complexity index is 397. The maximum Gasteiger partial charge on any atom is 0.0595 e. The van der Waals surface area contributed by atoms with Crippen LogP contribution in [0.2, 0.25) is 10.0 Å². The zero-order valence-electron chi connectivity index (χ0n) is 11.9. The number of methoxy groups -OCH3 is 2. The van der Waals surface area contributed by atoms with Gasteiger partial charge in [0.1, 0.15) is 0 Å². The Balaban J connectivity index is 2.88. The molecule has 0 heterocycles. The third-order valence-electron chi connectivity index (χ3n) is 3.16. The molecule has 1 rings (SSSR count). The van der Waals surface area contributed by atoms with E-state index < -0.39 is 0 Å². The van der Waals surface area contributed by atoms with E-state index in [0.717, 1.165) is 18.7 Å². The molecule has 6 heteroatoms. The van der Waals surface area contributed by atoms with Crippen molar-refractivity contribution in [1.29, 1.82) is 0 Å². The van der Waals surface area contributed by atoms with E-state index >= 15 is 0 Å². The van der Waals surface area contributed by atoms with Crippen molar-refractivity contribution in [2.24, 2.45) is 5.73 Å². The lowest BCUT2D eigenvalue weighted by Crippen LogP contribution is -2.38. The van der Waals surface area contributed by atoms with E-state index in [2.05, 4.69) is 4.90 Å². The molecule has 0 saturated heterocycles. The summed E-state index contributed by atoms with van der Waals surface area (Å²) < 4.78 is 10.3. The smallest absolute Gasteiger partial charge is 0.0595 e. The fraction of sp³-hybridized carbons (Fsp3) is 0.571. The first-order valence-electron chi connectivity index (χ1n) is 6.51. The average molecular weight is 321 g/mol. The molecule has 2 N–H and O–H groups in total. The fourth-order valence-corrected chi connectivity index (χ4v) is 2.36. The highest BCUT2D eigenvalue weighted by Gasteiger charge is 2.19. The SMILES string of the molecule is COCCN(CCOC)C(CN)c1ccc(Cl)c(Cl)c1. The lowest BCUT2D eigenvalue weighted by molar-refractivity contribution is 0.0891. The summed E-state index contributed by atoms with van der Waals surface area (Å²) in [5, 5.41) is 1.09. The van der Waals surface area contributed by atoms with Crippen molar-refractivity contribution >= 4 is 23.2 Å². The van der Waals surface area contributed by atoms with Crippen molar-refractivity contribution < 1.29 is 9.47 Å². The van der Waals surface area contributed by atoms with Crippen LogP contribution < -0.4 is 5.73 Å². The number of ether oxygens (including phenoxy) is 2. The van der Waals surface area contributed by atoms with Crippen molar-refractivity contribution in [3.63, 3.8) is 0 Å². The first kappa shape index (κ1) is 17.7. The quantitative estimate of drug-likeness (QED) is 0.759. The minimum absolute atomic E-state index is 0.0649. The fourth-order valence-electron chi connectivity index (χ4n) is 2.06. The molecule has 114 valence electrons. The summed E-state index contributed by atoms with van der Waals surface area (Å²) in [5.41, 5.74) is 6.99. The standard InChI is InChI=1S/C14H22Cl2N2O2/c1-19-7-5-18(6-8-20-2)14(10-17)11-3-4-12(15)13(16)9-11/h3-4,9,14H,5-8,10,17H2,1-2H3. The number of halogens is 2. The van der Waals surface area contributed by atoms with Gasteiger partial charge >= 0.3 is 0 Å². The number of nitrogens with zero attached hydrogens (tertiary/aromatic N) is 1. The average Bonchev–Trinajstić information content (AvgIpc) is 2.45. The molecule has 0 aliphatic carbocycles. The van der Waals surface area contributed by atoms with Crippen LogP contribution in [0, 0.1) is 0 Å². The zero-order valence-corrected chi connectivity index (χ0v) is 13.5. The van der Waals surface area contributed by atoms with Gasteiger partial charge in [0.25, 0.3) is 0 Å². The second kappa shape index (κ2) is 9.55. The van der Waals surface area contributed by atoms with Crippen molar-refractivity contribution in [3.8, 4) is 0 Å². The van der Waals surface area contributed by atoms with Crippen molar-refractivity contribution in [3.05, 3.63) is 33.8 Å². The molecule has 0 amide bonds. The second-order valence-corrected chi connectivity index (χ2v) is 5.26. The minimum atomic E-state index is 0.0649. The third kappa shape index (κ3) is 5.20. The Morgan fingerprint density at radius 3 is 2.15 bits per heavy atom. The van der Waals surface area contributed by atoms with Gasteiger partial charge < -0.3 is 15.2 Å². The Morgan fingerprint density at radius 2 is 1.70 bits per heavy atom. The monoisotopic (exact) mass is 320 g/mol. The zero-order chi connectivity index (χ0) is 15.0. The number of hydrogen-bond donors (Lipinski definition) is 1. The van der Waals surface area contributed by atoms with Crippen LogP contribution in [0.5, 0.6) is 0 Å². The van der Waals surface area contributed by atoms with E-state index in [1.807, 2.05) is 12.1 Å². The van der Waals surface area contributed by atoms with Crippen LogP contribution in [-0.2, 0) is 9.47 Å². The predicted octanol–water partition coefficient (Wildman–Crippen LogP) is 2.59. The lowest BCUT2D eigenvalue weighted by atomic mass is 10.1. The summed E-state index contributed by atoms with van der Waals surface area (Å²) in [6.07, 6.45) is 0. The van der Waals surface area contributed by atoms with E-state index in [1.165, 1.54) is 0 Å². The van der Waals surface area contributed by atoms with Crippen LogP contribution in [0.1, 0.15) is 11.6 Å². The van der Waals surface area contributed by atoms with Crippen LogP contribution in [0.15, 0.2) is 18.2 Å². The third-order valence-corrected chi connectivity index (χ3v) is 3.90. The molecule has 0 bridgehead atoms. The van der Waals surface area contributed by atoms with Gasteiger partial charge in [0, 0.05) is 39.9 Å². The Labute approximate surface area is 130 Å².